The Hall–Kier alpha value is -3.47. The maximum absolute atomic E-state index is 12.3. The molecule has 0 atom stereocenters. The van der Waals surface area contributed by atoms with Crippen molar-refractivity contribution >= 4 is 23.2 Å². The lowest BCUT2D eigenvalue weighted by atomic mass is 10.1. The predicted molar refractivity (Wildman–Crippen MR) is 97.8 cm³/mol. The highest BCUT2D eigenvalue weighted by Gasteiger charge is 2.12. The molecule has 2 amide bonds. The van der Waals surface area contributed by atoms with Crippen molar-refractivity contribution in [3.05, 3.63) is 89.7 Å². The summed E-state index contributed by atoms with van der Waals surface area (Å²) in [6.07, 6.45) is 2.86. The van der Waals surface area contributed by atoms with Gasteiger partial charge in [0.2, 0.25) is 0 Å². The summed E-state index contributed by atoms with van der Waals surface area (Å²) in [5.74, 6) is -0.630. The second-order valence-corrected chi connectivity index (χ2v) is 5.60. The zero-order valence-electron chi connectivity index (χ0n) is 13.7. The number of amides is 2. The van der Waals surface area contributed by atoms with Crippen molar-refractivity contribution in [2.75, 3.05) is 10.6 Å². The van der Waals surface area contributed by atoms with E-state index in [4.69, 9.17) is 0 Å². The number of nitrogens with zero attached hydrogens (tertiary/aromatic N) is 1. The molecule has 3 rings (SSSR count). The number of para-hydroxylation sites is 1. The first kappa shape index (κ1) is 16.4. The van der Waals surface area contributed by atoms with Gasteiger partial charge >= 0.3 is 0 Å². The van der Waals surface area contributed by atoms with Crippen LogP contribution in [-0.2, 0) is 0 Å². The molecule has 1 heterocycles. The third-order valence-electron chi connectivity index (χ3n) is 3.60. The van der Waals surface area contributed by atoms with E-state index < -0.39 is 0 Å². The molecule has 3 aromatic rings. The molecule has 0 bridgehead atoms. The summed E-state index contributed by atoms with van der Waals surface area (Å²) in [6.45, 7) is 1.98. The average molecular weight is 331 g/mol. The molecule has 0 saturated heterocycles. The van der Waals surface area contributed by atoms with Gasteiger partial charge in [-0.3, -0.25) is 14.6 Å². The molecule has 25 heavy (non-hydrogen) atoms. The van der Waals surface area contributed by atoms with Gasteiger partial charge in [-0.2, -0.15) is 0 Å². The summed E-state index contributed by atoms with van der Waals surface area (Å²) in [7, 11) is 0. The molecule has 0 aliphatic carbocycles. The molecular formula is C20H17N3O2. The van der Waals surface area contributed by atoms with Crippen LogP contribution in [0.5, 0.6) is 0 Å². The van der Waals surface area contributed by atoms with Gasteiger partial charge in [-0.1, -0.05) is 35.9 Å². The van der Waals surface area contributed by atoms with Gasteiger partial charge in [-0.25, -0.2) is 0 Å². The summed E-state index contributed by atoms with van der Waals surface area (Å²) in [5, 5.41) is 5.56. The average Bonchev–Trinajstić information content (AvgIpc) is 2.64. The second-order valence-electron chi connectivity index (χ2n) is 5.60. The van der Waals surface area contributed by atoms with Gasteiger partial charge in [0, 0.05) is 23.8 Å². The van der Waals surface area contributed by atoms with Crippen LogP contribution in [-0.4, -0.2) is 16.8 Å². The molecule has 5 nitrogen and oxygen atoms in total. The zero-order valence-corrected chi connectivity index (χ0v) is 13.7. The number of carbonyl (C=O) groups excluding carboxylic acids is 2. The number of hydrogen-bond acceptors (Lipinski definition) is 3. The van der Waals surface area contributed by atoms with E-state index in [1.165, 1.54) is 18.5 Å². The topological polar surface area (TPSA) is 71.1 Å². The molecule has 124 valence electrons. The molecule has 0 aliphatic rings. The van der Waals surface area contributed by atoms with Crippen molar-refractivity contribution in [3.63, 3.8) is 0 Å². The van der Waals surface area contributed by atoms with Crippen molar-refractivity contribution in [1.29, 1.82) is 0 Å². The maximum Gasteiger partial charge on any atom is 0.257 e. The van der Waals surface area contributed by atoms with E-state index >= 15 is 0 Å². The summed E-state index contributed by atoms with van der Waals surface area (Å²) in [4.78, 5) is 28.7. The summed E-state index contributed by atoms with van der Waals surface area (Å²) in [6, 6.07) is 18.1. The molecule has 2 N–H and O–H groups in total. The van der Waals surface area contributed by atoms with Crippen LogP contribution in [0.25, 0.3) is 0 Å². The number of pyridine rings is 1. The molecule has 0 spiro atoms. The Kier molecular flexibility index (Phi) is 4.85. The van der Waals surface area contributed by atoms with E-state index in [1.54, 1.807) is 12.1 Å². The minimum Gasteiger partial charge on any atom is -0.322 e. The van der Waals surface area contributed by atoms with Gasteiger partial charge in [0.05, 0.1) is 11.1 Å². The highest BCUT2D eigenvalue weighted by molar-refractivity contribution is 6.08. The molecule has 0 saturated carbocycles. The van der Waals surface area contributed by atoms with Crippen molar-refractivity contribution in [2.24, 2.45) is 0 Å². The van der Waals surface area contributed by atoms with E-state index in [1.807, 2.05) is 49.4 Å². The van der Waals surface area contributed by atoms with Crippen LogP contribution in [0.1, 0.15) is 26.3 Å². The normalized spacial score (nSPS) is 10.1. The fraction of sp³-hybridized carbons (Fsp3) is 0.0500. The Morgan fingerprint density at radius 2 is 1.28 bits per heavy atom. The predicted octanol–water partition coefficient (Wildman–Crippen LogP) is 3.89. The maximum atomic E-state index is 12.3. The van der Waals surface area contributed by atoms with Crippen molar-refractivity contribution in [2.45, 2.75) is 6.92 Å². The van der Waals surface area contributed by atoms with Gasteiger partial charge in [0.1, 0.15) is 0 Å². The number of aryl methyl sites for hydroxylation is 1. The van der Waals surface area contributed by atoms with Crippen molar-refractivity contribution in [1.82, 2.24) is 4.98 Å². The van der Waals surface area contributed by atoms with Gasteiger partial charge in [0.25, 0.3) is 11.8 Å². The fourth-order valence-electron chi connectivity index (χ4n) is 2.25. The third-order valence-corrected chi connectivity index (χ3v) is 3.60. The van der Waals surface area contributed by atoms with Gasteiger partial charge in [0.15, 0.2) is 0 Å². The molecule has 0 fully saturated rings. The van der Waals surface area contributed by atoms with E-state index in [2.05, 4.69) is 15.6 Å². The number of rotatable bonds is 4. The Morgan fingerprint density at radius 1 is 0.760 bits per heavy atom. The molecule has 1 aromatic heterocycles. The van der Waals surface area contributed by atoms with Crippen LogP contribution in [0.2, 0.25) is 0 Å². The van der Waals surface area contributed by atoms with Crippen LogP contribution >= 0.6 is 0 Å². The lowest BCUT2D eigenvalue weighted by Crippen LogP contribution is -2.16. The minimum absolute atomic E-state index is 0.314. The van der Waals surface area contributed by atoms with Crippen LogP contribution in [0, 0.1) is 6.92 Å². The highest BCUT2D eigenvalue weighted by Crippen LogP contribution is 2.13. The number of carbonyl (C=O) groups is 2. The largest absolute Gasteiger partial charge is 0.322 e. The Morgan fingerprint density at radius 3 is 1.84 bits per heavy atom. The Bertz CT molecular complexity index is 890. The highest BCUT2D eigenvalue weighted by atomic mass is 16.2. The fourth-order valence-corrected chi connectivity index (χ4v) is 2.25. The first-order valence-electron chi connectivity index (χ1n) is 7.81. The second kappa shape index (κ2) is 7.40. The molecular weight excluding hydrogens is 314 g/mol. The number of benzene rings is 2. The number of hydrogen-bond donors (Lipinski definition) is 2. The first-order valence-corrected chi connectivity index (χ1v) is 7.81. The molecule has 2 aromatic carbocycles. The number of anilines is 2. The van der Waals surface area contributed by atoms with E-state index in [9.17, 15) is 9.59 Å². The third kappa shape index (κ3) is 4.29. The molecule has 0 aliphatic heterocycles. The first-order chi connectivity index (χ1) is 12.1. The number of aromatic nitrogens is 1. The smallest absolute Gasteiger partial charge is 0.257 e. The lowest BCUT2D eigenvalue weighted by molar-refractivity contribution is 0.102. The van der Waals surface area contributed by atoms with E-state index in [0.29, 0.717) is 22.5 Å². The van der Waals surface area contributed by atoms with Gasteiger partial charge < -0.3 is 10.6 Å². The van der Waals surface area contributed by atoms with E-state index in [0.717, 1.165) is 5.56 Å². The van der Waals surface area contributed by atoms with Gasteiger partial charge in [-0.15, -0.1) is 0 Å². The standard InChI is InChI=1S/C20H17N3O2/c1-14-7-9-18(10-8-14)23-20(25)16-11-15(12-21-13-16)19(24)22-17-5-3-2-4-6-17/h2-13H,1H3,(H,22,24)(H,23,25). The van der Waals surface area contributed by atoms with Crippen molar-refractivity contribution in [3.8, 4) is 0 Å². The summed E-state index contributed by atoms with van der Waals surface area (Å²) in [5.41, 5.74) is 3.12. The van der Waals surface area contributed by atoms with E-state index in [-0.39, 0.29) is 11.8 Å². The SMILES string of the molecule is Cc1ccc(NC(=O)c2cncc(C(=O)Nc3ccccc3)c2)cc1. The Labute approximate surface area is 145 Å². The van der Waals surface area contributed by atoms with Crippen LogP contribution in [0.3, 0.4) is 0 Å². The lowest BCUT2D eigenvalue weighted by Gasteiger charge is -2.08. The van der Waals surface area contributed by atoms with Crippen molar-refractivity contribution < 1.29 is 9.59 Å². The van der Waals surface area contributed by atoms with Gasteiger partial charge in [-0.05, 0) is 37.3 Å². The van der Waals surface area contributed by atoms with Crippen LogP contribution in [0.15, 0.2) is 73.1 Å². The Balaban J connectivity index is 1.73. The molecule has 0 radical (unpaired) electrons. The number of nitrogens with one attached hydrogen (secondary N) is 2. The monoisotopic (exact) mass is 331 g/mol. The quantitative estimate of drug-likeness (QED) is 0.762. The molecule has 0 unspecified atom stereocenters. The zero-order chi connectivity index (χ0) is 17.6. The van der Waals surface area contributed by atoms with Crippen LogP contribution < -0.4 is 10.6 Å². The summed E-state index contributed by atoms with van der Waals surface area (Å²) < 4.78 is 0. The summed E-state index contributed by atoms with van der Waals surface area (Å²) >= 11 is 0. The van der Waals surface area contributed by atoms with Crippen LogP contribution in [0.4, 0.5) is 11.4 Å². The minimum atomic E-state index is -0.316. The molecule has 5 heteroatoms.